The highest BCUT2D eigenvalue weighted by molar-refractivity contribution is 7.15. The Bertz CT molecular complexity index is 1180. The van der Waals surface area contributed by atoms with Crippen molar-refractivity contribution in [3.8, 4) is 5.00 Å². The zero-order valence-corrected chi connectivity index (χ0v) is 17.6. The van der Waals surface area contributed by atoms with E-state index in [1.807, 2.05) is 37.4 Å². The summed E-state index contributed by atoms with van der Waals surface area (Å²) in [5.41, 5.74) is 4.95. The van der Waals surface area contributed by atoms with Crippen LogP contribution in [-0.4, -0.2) is 38.5 Å². The van der Waals surface area contributed by atoms with E-state index in [1.165, 1.54) is 7.05 Å². The minimum atomic E-state index is -0.258. The van der Waals surface area contributed by atoms with Crippen molar-refractivity contribution in [1.82, 2.24) is 14.6 Å². The lowest BCUT2D eigenvalue weighted by Gasteiger charge is -2.15. The molecular formula is C21H19ClN4O2S. The maximum Gasteiger partial charge on any atom is 0.249 e. The Morgan fingerprint density at radius 1 is 1.34 bits per heavy atom. The standard InChI is InChI=1S/C21H19ClN4O2S/c1-11-9-23-17-10-24-19(13-5-3-4-6-15(13)22)18-14-7-12(20(27)25(2)28)8-16(14)29-21(18)26(11)17/h3-6,9,12,28H,7-8,10H2,1-2H3. The van der Waals surface area contributed by atoms with Gasteiger partial charge in [-0.05, 0) is 31.4 Å². The number of carbonyl (C=O) groups is 1. The molecule has 0 radical (unpaired) electrons. The highest BCUT2D eigenvalue weighted by atomic mass is 35.5. The van der Waals surface area contributed by atoms with Crippen LogP contribution in [0.1, 0.15) is 33.1 Å². The van der Waals surface area contributed by atoms with Gasteiger partial charge in [-0.2, -0.15) is 0 Å². The van der Waals surface area contributed by atoms with Crippen molar-refractivity contribution in [3.63, 3.8) is 0 Å². The van der Waals surface area contributed by atoms with E-state index < -0.39 is 0 Å². The molecule has 0 saturated carbocycles. The molecule has 2 aliphatic rings. The first-order chi connectivity index (χ1) is 14.0. The van der Waals surface area contributed by atoms with Crippen molar-refractivity contribution in [3.05, 3.63) is 68.6 Å². The molecule has 0 spiro atoms. The minimum absolute atomic E-state index is 0.254. The number of aromatic nitrogens is 2. The number of thiophene rings is 1. The third-order valence-corrected chi connectivity index (χ3v) is 7.15. The highest BCUT2D eigenvalue weighted by Crippen LogP contribution is 2.43. The fraction of sp³-hybridized carbons (Fsp3) is 0.286. The number of nitrogens with zero attached hydrogens (tertiary/aromatic N) is 4. The van der Waals surface area contributed by atoms with Gasteiger partial charge in [0, 0.05) is 45.9 Å². The molecule has 1 aromatic carbocycles. The first-order valence-corrected chi connectivity index (χ1v) is 10.6. The quantitative estimate of drug-likeness (QED) is 0.500. The van der Waals surface area contributed by atoms with E-state index in [-0.39, 0.29) is 11.8 Å². The lowest BCUT2D eigenvalue weighted by molar-refractivity contribution is -0.163. The summed E-state index contributed by atoms with van der Waals surface area (Å²) >= 11 is 8.22. The number of hydrogen-bond acceptors (Lipinski definition) is 5. The Labute approximate surface area is 177 Å². The van der Waals surface area contributed by atoms with Crippen LogP contribution in [0.5, 0.6) is 0 Å². The molecule has 1 atom stereocenters. The highest BCUT2D eigenvalue weighted by Gasteiger charge is 2.37. The summed E-state index contributed by atoms with van der Waals surface area (Å²) in [6, 6.07) is 7.71. The maximum absolute atomic E-state index is 12.4. The van der Waals surface area contributed by atoms with Crippen LogP contribution in [0.3, 0.4) is 0 Å². The number of hydroxylamine groups is 2. The molecule has 0 saturated heterocycles. The van der Waals surface area contributed by atoms with Gasteiger partial charge in [-0.25, -0.2) is 10.0 Å². The van der Waals surface area contributed by atoms with E-state index in [2.05, 4.69) is 9.55 Å². The second-order valence-corrected chi connectivity index (χ2v) is 8.94. The molecule has 0 bridgehead atoms. The van der Waals surface area contributed by atoms with E-state index in [9.17, 15) is 10.0 Å². The number of carbonyl (C=O) groups excluding carboxylic acids is 1. The van der Waals surface area contributed by atoms with Crippen molar-refractivity contribution < 1.29 is 10.0 Å². The third kappa shape index (κ3) is 2.84. The van der Waals surface area contributed by atoms with E-state index in [0.717, 1.165) is 43.8 Å². The molecular weight excluding hydrogens is 408 g/mol. The first-order valence-electron chi connectivity index (χ1n) is 9.40. The van der Waals surface area contributed by atoms with Crippen LogP contribution in [0.4, 0.5) is 0 Å². The number of aliphatic imine (C=N–C) groups is 1. The van der Waals surface area contributed by atoms with E-state index in [0.29, 0.717) is 29.5 Å². The fourth-order valence-corrected chi connectivity index (χ4v) is 5.95. The summed E-state index contributed by atoms with van der Waals surface area (Å²) < 4.78 is 2.17. The second kappa shape index (κ2) is 6.79. The van der Waals surface area contributed by atoms with Crippen LogP contribution in [0.15, 0.2) is 35.5 Å². The fourth-order valence-electron chi connectivity index (χ4n) is 4.24. The van der Waals surface area contributed by atoms with Crippen LogP contribution in [-0.2, 0) is 24.2 Å². The number of rotatable bonds is 2. The van der Waals surface area contributed by atoms with E-state index in [4.69, 9.17) is 16.6 Å². The molecule has 1 aliphatic heterocycles. The minimum Gasteiger partial charge on any atom is -0.290 e. The van der Waals surface area contributed by atoms with Gasteiger partial charge in [0.1, 0.15) is 10.8 Å². The molecule has 6 nitrogen and oxygen atoms in total. The second-order valence-electron chi connectivity index (χ2n) is 7.45. The summed E-state index contributed by atoms with van der Waals surface area (Å²) in [4.78, 5) is 23.0. The number of halogens is 1. The van der Waals surface area contributed by atoms with Gasteiger partial charge in [-0.15, -0.1) is 11.3 Å². The Kier molecular flexibility index (Phi) is 4.34. The zero-order chi connectivity index (χ0) is 20.3. The summed E-state index contributed by atoms with van der Waals surface area (Å²) in [6.07, 6.45) is 3.07. The van der Waals surface area contributed by atoms with Gasteiger partial charge >= 0.3 is 0 Å². The maximum atomic E-state index is 12.4. The molecule has 0 fully saturated rings. The Morgan fingerprint density at radius 3 is 2.90 bits per heavy atom. The average Bonchev–Trinajstić information content (AvgIpc) is 3.32. The summed E-state index contributed by atoms with van der Waals surface area (Å²) in [5.74, 6) is 0.385. The average molecular weight is 427 g/mol. The molecule has 29 heavy (non-hydrogen) atoms. The van der Waals surface area contributed by atoms with Gasteiger partial charge in [0.25, 0.3) is 0 Å². The predicted octanol–water partition coefficient (Wildman–Crippen LogP) is 3.81. The monoisotopic (exact) mass is 426 g/mol. The molecule has 2 aromatic heterocycles. The van der Waals surface area contributed by atoms with Crippen LogP contribution < -0.4 is 0 Å². The summed E-state index contributed by atoms with van der Waals surface area (Å²) in [5, 5.41) is 12.0. The number of fused-ring (bicyclic) bond motifs is 5. The third-order valence-electron chi connectivity index (χ3n) is 5.58. The summed E-state index contributed by atoms with van der Waals surface area (Å²) in [7, 11) is 1.38. The molecule has 8 heteroatoms. The molecule has 5 rings (SSSR count). The Balaban J connectivity index is 1.71. The number of imidazole rings is 1. The van der Waals surface area contributed by atoms with Gasteiger partial charge in [0.05, 0.1) is 12.3 Å². The van der Waals surface area contributed by atoms with Gasteiger partial charge in [-0.1, -0.05) is 29.8 Å². The molecule has 148 valence electrons. The smallest absolute Gasteiger partial charge is 0.249 e. The zero-order valence-electron chi connectivity index (χ0n) is 16.0. The first kappa shape index (κ1) is 18.5. The summed E-state index contributed by atoms with van der Waals surface area (Å²) in [6.45, 7) is 2.50. The van der Waals surface area contributed by atoms with Crippen LogP contribution in [0.25, 0.3) is 5.00 Å². The van der Waals surface area contributed by atoms with Gasteiger partial charge in [0.15, 0.2) is 0 Å². The van der Waals surface area contributed by atoms with Crippen molar-refractivity contribution in [1.29, 1.82) is 0 Å². The molecule has 1 N–H and O–H groups in total. The predicted molar refractivity (Wildman–Crippen MR) is 112 cm³/mol. The van der Waals surface area contributed by atoms with Crippen molar-refractivity contribution in [2.45, 2.75) is 26.3 Å². The van der Waals surface area contributed by atoms with Gasteiger partial charge in [0.2, 0.25) is 5.91 Å². The topological polar surface area (TPSA) is 70.7 Å². The largest absolute Gasteiger partial charge is 0.290 e. The SMILES string of the molecule is Cc1cnc2n1-c1sc3c(c1C(c1ccccc1Cl)=NC2)CC(C(=O)N(C)O)C3. The Hall–Kier alpha value is -2.48. The molecule has 1 amide bonds. The molecule has 3 aromatic rings. The van der Waals surface area contributed by atoms with E-state index in [1.54, 1.807) is 11.3 Å². The lowest BCUT2D eigenvalue weighted by Crippen LogP contribution is -2.30. The van der Waals surface area contributed by atoms with Gasteiger partial charge < -0.3 is 0 Å². The van der Waals surface area contributed by atoms with Crippen molar-refractivity contribution in [2.24, 2.45) is 10.9 Å². The van der Waals surface area contributed by atoms with Gasteiger partial charge in [-0.3, -0.25) is 19.6 Å². The van der Waals surface area contributed by atoms with Crippen LogP contribution >= 0.6 is 22.9 Å². The van der Waals surface area contributed by atoms with Crippen molar-refractivity contribution in [2.75, 3.05) is 7.05 Å². The Morgan fingerprint density at radius 2 is 2.14 bits per heavy atom. The number of benzene rings is 1. The number of amides is 1. The van der Waals surface area contributed by atoms with Crippen molar-refractivity contribution >= 4 is 34.6 Å². The number of hydrogen-bond donors (Lipinski definition) is 1. The van der Waals surface area contributed by atoms with Crippen LogP contribution in [0, 0.1) is 12.8 Å². The molecule has 1 aliphatic carbocycles. The lowest BCUT2D eigenvalue weighted by atomic mass is 9.97. The molecule has 3 heterocycles. The number of aryl methyl sites for hydroxylation is 1. The normalized spacial score (nSPS) is 17.2. The van der Waals surface area contributed by atoms with E-state index >= 15 is 0 Å². The van der Waals surface area contributed by atoms with Crippen LogP contribution in [0.2, 0.25) is 5.02 Å². The molecule has 1 unspecified atom stereocenters.